The van der Waals surface area contributed by atoms with Gasteiger partial charge in [0.15, 0.2) is 0 Å². The number of carbonyl (C=O) groups excluding carboxylic acids is 1. The molecule has 0 atom stereocenters. The predicted octanol–water partition coefficient (Wildman–Crippen LogP) is 6.62. The van der Waals surface area contributed by atoms with E-state index in [0.29, 0.717) is 13.1 Å². The lowest BCUT2D eigenvalue weighted by Gasteiger charge is -2.25. The minimum Gasteiger partial charge on any atom is -0.331 e. The Bertz CT molecular complexity index is 1310. The van der Waals surface area contributed by atoms with Crippen LogP contribution in [-0.2, 0) is 6.54 Å². The summed E-state index contributed by atoms with van der Waals surface area (Å²) in [6, 6.07) is 18.9. The molecule has 4 nitrogen and oxygen atoms in total. The molecule has 0 spiro atoms. The number of aryl methyl sites for hydroxylation is 5. The summed E-state index contributed by atoms with van der Waals surface area (Å²) in [6.07, 6.45) is 0.888. The van der Waals surface area contributed by atoms with Crippen LogP contribution in [0, 0.1) is 34.6 Å². The summed E-state index contributed by atoms with van der Waals surface area (Å²) in [5.41, 5.74) is 9.58. The van der Waals surface area contributed by atoms with Crippen LogP contribution in [0.25, 0.3) is 16.7 Å². The van der Waals surface area contributed by atoms with Gasteiger partial charge in [-0.05, 0) is 75.9 Å². The fourth-order valence-electron chi connectivity index (χ4n) is 4.88. The average molecular weight is 440 g/mol. The number of aromatic nitrogens is 2. The molecule has 0 aliphatic heterocycles. The molecule has 4 rings (SSSR count). The summed E-state index contributed by atoms with van der Waals surface area (Å²) in [4.78, 5) is 20.7. The van der Waals surface area contributed by atoms with Crippen molar-refractivity contribution in [3.63, 3.8) is 0 Å². The number of nitrogens with zero attached hydrogens (tertiary/aromatic N) is 3. The molecule has 0 N–H and O–H groups in total. The van der Waals surface area contributed by atoms with E-state index in [1.54, 1.807) is 0 Å². The van der Waals surface area contributed by atoms with E-state index < -0.39 is 0 Å². The number of para-hydroxylation sites is 2. The molecule has 33 heavy (non-hydrogen) atoms. The van der Waals surface area contributed by atoms with Gasteiger partial charge in [-0.25, -0.2) is 4.98 Å². The van der Waals surface area contributed by atoms with E-state index in [1.807, 2.05) is 36.9 Å². The van der Waals surface area contributed by atoms with E-state index >= 15 is 0 Å². The molecule has 0 unspecified atom stereocenters. The zero-order valence-corrected chi connectivity index (χ0v) is 20.6. The molecule has 170 valence electrons. The molecule has 0 aliphatic carbocycles. The van der Waals surface area contributed by atoms with E-state index in [4.69, 9.17) is 4.98 Å². The molecule has 0 aliphatic rings. The maximum absolute atomic E-state index is 13.8. The van der Waals surface area contributed by atoms with Crippen LogP contribution in [-0.4, -0.2) is 26.9 Å². The van der Waals surface area contributed by atoms with Crippen LogP contribution >= 0.6 is 0 Å². The first-order chi connectivity index (χ1) is 15.8. The summed E-state index contributed by atoms with van der Waals surface area (Å²) in [7, 11) is 0. The molecule has 0 saturated carbocycles. The Balaban J connectivity index is 1.82. The third-order valence-electron chi connectivity index (χ3n) is 6.23. The van der Waals surface area contributed by atoms with Crippen LogP contribution in [0.1, 0.15) is 57.3 Å². The van der Waals surface area contributed by atoms with Crippen molar-refractivity contribution in [3.8, 4) is 5.69 Å². The summed E-state index contributed by atoms with van der Waals surface area (Å²) in [6.45, 7) is 13.6. The number of rotatable bonds is 6. The van der Waals surface area contributed by atoms with Gasteiger partial charge < -0.3 is 4.90 Å². The van der Waals surface area contributed by atoms with Crippen LogP contribution in [0.4, 0.5) is 0 Å². The zero-order valence-electron chi connectivity index (χ0n) is 20.6. The Morgan fingerprint density at radius 3 is 2.21 bits per heavy atom. The number of fused-ring (bicyclic) bond motifs is 1. The fraction of sp³-hybridized carbons (Fsp3) is 0.310. The molecular formula is C29H33N3O. The average Bonchev–Trinajstić information content (AvgIpc) is 3.10. The summed E-state index contributed by atoms with van der Waals surface area (Å²) < 4.78 is 2.22. The van der Waals surface area contributed by atoms with E-state index in [2.05, 4.69) is 68.7 Å². The minimum atomic E-state index is 0.0751. The molecule has 0 fully saturated rings. The lowest BCUT2D eigenvalue weighted by Crippen LogP contribution is -2.33. The second kappa shape index (κ2) is 9.22. The summed E-state index contributed by atoms with van der Waals surface area (Å²) in [5, 5.41) is 0. The van der Waals surface area contributed by atoms with Gasteiger partial charge in [-0.1, -0.05) is 54.4 Å². The molecule has 1 aromatic heterocycles. The highest BCUT2D eigenvalue weighted by Crippen LogP contribution is 2.26. The molecule has 0 bridgehead atoms. The lowest BCUT2D eigenvalue weighted by molar-refractivity contribution is 0.0737. The third-order valence-corrected chi connectivity index (χ3v) is 6.23. The van der Waals surface area contributed by atoms with Gasteiger partial charge in [0.25, 0.3) is 5.91 Å². The topological polar surface area (TPSA) is 38.1 Å². The van der Waals surface area contributed by atoms with E-state index in [9.17, 15) is 4.79 Å². The molecule has 0 saturated heterocycles. The van der Waals surface area contributed by atoms with Crippen molar-refractivity contribution in [1.82, 2.24) is 14.5 Å². The zero-order chi connectivity index (χ0) is 23.7. The van der Waals surface area contributed by atoms with Gasteiger partial charge in [-0.2, -0.15) is 0 Å². The van der Waals surface area contributed by atoms with Crippen LogP contribution in [0.5, 0.6) is 0 Å². The molecular weight excluding hydrogens is 406 g/mol. The fourth-order valence-corrected chi connectivity index (χ4v) is 4.88. The summed E-state index contributed by atoms with van der Waals surface area (Å²) in [5.74, 6) is 0.957. The minimum absolute atomic E-state index is 0.0751. The first-order valence-electron chi connectivity index (χ1n) is 11.7. The van der Waals surface area contributed by atoms with Gasteiger partial charge in [0, 0.05) is 12.1 Å². The number of imidazole rings is 1. The van der Waals surface area contributed by atoms with Crippen LogP contribution in [0.2, 0.25) is 0 Å². The largest absolute Gasteiger partial charge is 0.331 e. The predicted molar refractivity (Wildman–Crippen MR) is 136 cm³/mol. The highest BCUT2D eigenvalue weighted by Gasteiger charge is 2.23. The Kier molecular flexibility index (Phi) is 6.37. The smallest absolute Gasteiger partial charge is 0.254 e. The summed E-state index contributed by atoms with van der Waals surface area (Å²) >= 11 is 0. The van der Waals surface area contributed by atoms with Gasteiger partial charge in [-0.3, -0.25) is 9.36 Å². The molecule has 4 aromatic rings. The van der Waals surface area contributed by atoms with Crippen molar-refractivity contribution < 1.29 is 4.79 Å². The SMILES string of the molecule is CCCN(Cc1nc2ccccc2n1-c1ccc(C)cc1C)C(=O)c1c(C)cc(C)cc1C. The Morgan fingerprint density at radius 2 is 1.55 bits per heavy atom. The van der Waals surface area contributed by atoms with Gasteiger partial charge in [-0.15, -0.1) is 0 Å². The first kappa shape index (κ1) is 22.8. The van der Waals surface area contributed by atoms with Crippen molar-refractivity contribution in [2.45, 2.75) is 54.5 Å². The number of benzene rings is 3. The van der Waals surface area contributed by atoms with Crippen molar-refractivity contribution in [1.29, 1.82) is 0 Å². The van der Waals surface area contributed by atoms with Crippen LogP contribution in [0.15, 0.2) is 54.6 Å². The molecule has 1 heterocycles. The number of hydrogen-bond donors (Lipinski definition) is 0. The number of hydrogen-bond acceptors (Lipinski definition) is 2. The molecule has 1 amide bonds. The lowest BCUT2D eigenvalue weighted by atomic mass is 9.98. The van der Waals surface area contributed by atoms with Crippen LogP contribution < -0.4 is 0 Å². The van der Waals surface area contributed by atoms with E-state index in [-0.39, 0.29) is 5.91 Å². The maximum Gasteiger partial charge on any atom is 0.254 e. The van der Waals surface area contributed by atoms with Gasteiger partial charge in [0.2, 0.25) is 0 Å². The normalized spacial score (nSPS) is 11.2. The monoisotopic (exact) mass is 439 g/mol. The van der Waals surface area contributed by atoms with Gasteiger partial charge in [0.1, 0.15) is 5.82 Å². The highest BCUT2D eigenvalue weighted by molar-refractivity contribution is 5.97. The maximum atomic E-state index is 13.8. The van der Waals surface area contributed by atoms with Crippen molar-refractivity contribution in [2.75, 3.05) is 6.54 Å². The van der Waals surface area contributed by atoms with Crippen molar-refractivity contribution >= 4 is 16.9 Å². The van der Waals surface area contributed by atoms with Gasteiger partial charge in [0.05, 0.1) is 23.3 Å². The number of carbonyl (C=O) groups is 1. The van der Waals surface area contributed by atoms with E-state index in [1.165, 1.54) is 16.7 Å². The first-order valence-corrected chi connectivity index (χ1v) is 11.7. The Labute approximate surface area is 196 Å². The second-order valence-electron chi connectivity index (χ2n) is 9.14. The quantitative estimate of drug-likeness (QED) is 0.339. The second-order valence-corrected chi connectivity index (χ2v) is 9.14. The van der Waals surface area contributed by atoms with Crippen molar-refractivity contribution in [2.24, 2.45) is 0 Å². The third kappa shape index (κ3) is 4.43. The Morgan fingerprint density at radius 1 is 0.879 bits per heavy atom. The molecule has 4 heteroatoms. The molecule has 3 aromatic carbocycles. The highest BCUT2D eigenvalue weighted by atomic mass is 16.2. The standard InChI is InChI=1S/C29H33N3O/c1-7-14-31(29(33)28-22(5)16-20(3)17-23(28)6)18-27-30-24-10-8-9-11-26(24)32(27)25-13-12-19(2)15-21(25)4/h8-13,15-17H,7,14,18H2,1-6H3. The molecule has 0 radical (unpaired) electrons. The number of amides is 1. The van der Waals surface area contributed by atoms with Crippen LogP contribution in [0.3, 0.4) is 0 Å². The van der Waals surface area contributed by atoms with Crippen molar-refractivity contribution in [3.05, 3.63) is 93.8 Å². The van der Waals surface area contributed by atoms with E-state index in [0.717, 1.165) is 45.7 Å². The Hall–Kier alpha value is -3.40. The van der Waals surface area contributed by atoms with Gasteiger partial charge >= 0.3 is 0 Å².